The van der Waals surface area contributed by atoms with Crippen molar-refractivity contribution in [3.63, 3.8) is 0 Å². The van der Waals surface area contributed by atoms with E-state index in [1.54, 1.807) is 26.4 Å². The average molecular weight is 549 g/mol. The number of allylic oxidation sites excluding steroid dienone is 1. The lowest BCUT2D eigenvalue weighted by molar-refractivity contribution is -0.0688. The fourth-order valence-corrected chi connectivity index (χ4v) is 4.40. The van der Waals surface area contributed by atoms with Crippen LogP contribution >= 0.6 is 0 Å². The standard InChI is InChI=1S/C27H29F5N6O/c1-17(27(30,31)32)24-20-7-4-8-22(36-23-9-12-37(2)13-10-26(23,28)29)21(20)14-19(35-24)6-5-11-33-25(39)18-15-34-38(3)16-18/h4-8,14-16,23,36H,1,9-13H2,2-3H3,(H,33,39)/b6-5+. The Labute approximate surface area is 222 Å². The van der Waals surface area contributed by atoms with E-state index in [1.807, 2.05) is 4.90 Å². The zero-order valence-electron chi connectivity index (χ0n) is 21.5. The number of alkyl halides is 5. The highest BCUT2D eigenvalue weighted by molar-refractivity contribution is 6.01. The van der Waals surface area contributed by atoms with Gasteiger partial charge in [-0.2, -0.15) is 18.3 Å². The summed E-state index contributed by atoms with van der Waals surface area (Å²) < 4.78 is 72.3. The molecule has 1 atom stereocenters. The fourth-order valence-electron chi connectivity index (χ4n) is 4.40. The van der Waals surface area contributed by atoms with E-state index in [4.69, 9.17) is 0 Å². The Morgan fingerprint density at radius 2 is 2.00 bits per heavy atom. The van der Waals surface area contributed by atoms with Crippen molar-refractivity contribution in [3.05, 3.63) is 66.3 Å². The molecule has 2 N–H and O–H groups in total. The number of halogens is 5. The molecule has 1 saturated heterocycles. The smallest absolute Gasteiger partial charge is 0.376 e. The van der Waals surface area contributed by atoms with E-state index in [2.05, 4.69) is 27.3 Å². The number of likely N-dealkylation sites (tertiary alicyclic amines) is 1. The van der Waals surface area contributed by atoms with Crippen molar-refractivity contribution in [1.82, 2.24) is 25.0 Å². The molecule has 4 rings (SSSR count). The van der Waals surface area contributed by atoms with Gasteiger partial charge in [-0.25, -0.2) is 13.8 Å². The molecule has 12 heteroatoms. The minimum atomic E-state index is -4.75. The molecule has 1 amide bonds. The van der Waals surface area contributed by atoms with Gasteiger partial charge in [0.15, 0.2) is 0 Å². The fraction of sp³-hybridized carbons (Fsp3) is 0.370. The summed E-state index contributed by atoms with van der Waals surface area (Å²) in [4.78, 5) is 18.2. The predicted molar refractivity (Wildman–Crippen MR) is 140 cm³/mol. The maximum atomic E-state index is 14.9. The Hall–Kier alpha value is -3.80. The topological polar surface area (TPSA) is 75.1 Å². The van der Waals surface area contributed by atoms with Gasteiger partial charge in [-0.05, 0) is 31.7 Å². The van der Waals surface area contributed by atoms with Crippen LogP contribution in [0.1, 0.15) is 34.6 Å². The van der Waals surface area contributed by atoms with E-state index < -0.39 is 29.4 Å². The number of anilines is 1. The number of carbonyl (C=O) groups is 1. The van der Waals surface area contributed by atoms with E-state index in [1.165, 1.54) is 41.2 Å². The zero-order valence-corrected chi connectivity index (χ0v) is 21.5. The van der Waals surface area contributed by atoms with Gasteiger partial charge in [0.25, 0.3) is 11.8 Å². The molecule has 1 unspecified atom stereocenters. The van der Waals surface area contributed by atoms with Gasteiger partial charge in [0.1, 0.15) is 0 Å². The van der Waals surface area contributed by atoms with Crippen LogP contribution in [0.2, 0.25) is 0 Å². The first-order valence-corrected chi connectivity index (χ1v) is 12.3. The second kappa shape index (κ2) is 11.1. The van der Waals surface area contributed by atoms with Crippen molar-refractivity contribution >= 4 is 34.0 Å². The number of carbonyl (C=O) groups excluding carboxylic acids is 1. The lowest BCUT2D eigenvalue weighted by atomic mass is 10.00. The molecule has 1 aliphatic rings. The lowest BCUT2D eigenvalue weighted by Crippen LogP contribution is -2.39. The third kappa shape index (κ3) is 6.62. The summed E-state index contributed by atoms with van der Waals surface area (Å²) in [6.45, 7) is 3.98. The Bertz CT molecular complexity index is 1400. The van der Waals surface area contributed by atoms with Crippen LogP contribution in [-0.2, 0) is 7.05 Å². The molecule has 39 heavy (non-hydrogen) atoms. The van der Waals surface area contributed by atoms with Crippen LogP contribution in [0.15, 0.2) is 49.3 Å². The van der Waals surface area contributed by atoms with E-state index in [9.17, 15) is 26.7 Å². The first kappa shape index (κ1) is 28.2. The van der Waals surface area contributed by atoms with Gasteiger partial charge in [-0.3, -0.25) is 9.48 Å². The van der Waals surface area contributed by atoms with Crippen LogP contribution in [0.3, 0.4) is 0 Å². The number of aromatic nitrogens is 3. The maximum absolute atomic E-state index is 14.9. The molecule has 1 aliphatic heterocycles. The van der Waals surface area contributed by atoms with Crippen LogP contribution in [0.5, 0.6) is 0 Å². The number of pyridine rings is 1. The highest BCUT2D eigenvalue weighted by atomic mass is 19.4. The molecule has 0 saturated carbocycles. The summed E-state index contributed by atoms with van der Waals surface area (Å²) in [5.74, 6) is -3.38. The largest absolute Gasteiger partial charge is 0.417 e. The summed E-state index contributed by atoms with van der Waals surface area (Å²) in [6, 6.07) is 4.86. The van der Waals surface area contributed by atoms with Crippen molar-refractivity contribution < 1.29 is 26.7 Å². The minimum absolute atomic E-state index is 0.0741. The van der Waals surface area contributed by atoms with Crippen LogP contribution in [0, 0.1) is 0 Å². The zero-order chi connectivity index (χ0) is 28.4. The first-order valence-electron chi connectivity index (χ1n) is 12.3. The van der Waals surface area contributed by atoms with E-state index in [-0.39, 0.29) is 48.6 Å². The maximum Gasteiger partial charge on any atom is 0.417 e. The number of hydrogen-bond acceptors (Lipinski definition) is 5. The number of nitrogens with one attached hydrogen (secondary N) is 2. The summed E-state index contributed by atoms with van der Waals surface area (Å²) in [7, 11) is 3.45. The Kier molecular flexibility index (Phi) is 8.05. The monoisotopic (exact) mass is 548 g/mol. The van der Waals surface area contributed by atoms with E-state index in [0.29, 0.717) is 17.5 Å². The highest BCUT2D eigenvalue weighted by Crippen LogP contribution is 2.38. The summed E-state index contributed by atoms with van der Waals surface area (Å²) >= 11 is 0. The lowest BCUT2D eigenvalue weighted by Gasteiger charge is -2.27. The van der Waals surface area contributed by atoms with Gasteiger partial charge in [-0.1, -0.05) is 24.8 Å². The molecule has 0 radical (unpaired) electrons. The van der Waals surface area contributed by atoms with Crippen LogP contribution in [0.4, 0.5) is 27.6 Å². The minimum Gasteiger partial charge on any atom is -0.376 e. The second-order valence-electron chi connectivity index (χ2n) is 9.59. The van der Waals surface area contributed by atoms with Gasteiger partial charge in [0.05, 0.1) is 34.8 Å². The molecule has 2 aromatic heterocycles. The number of aryl methyl sites for hydroxylation is 1. The average Bonchev–Trinajstić information content (AvgIpc) is 3.27. The van der Waals surface area contributed by atoms with Crippen LogP contribution in [0.25, 0.3) is 22.4 Å². The quantitative estimate of drug-likeness (QED) is 0.401. The SMILES string of the molecule is C=C(c1nc(/C=C/CNC(=O)c2cnn(C)c2)cc2c(NC3CCN(C)CCC3(F)F)cccc12)C(F)(F)F. The summed E-state index contributed by atoms with van der Waals surface area (Å²) in [5.41, 5.74) is -0.753. The third-order valence-corrected chi connectivity index (χ3v) is 6.62. The molecule has 208 valence electrons. The molecular formula is C27H29F5N6O. The molecule has 3 heterocycles. The number of nitrogens with zero attached hydrogens (tertiary/aromatic N) is 4. The third-order valence-electron chi connectivity index (χ3n) is 6.62. The normalized spacial score (nSPS) is 18.3. The number of rotatable bonds is 7. The molecule has 1 aromatic carbocycles. The Balaban J connectivity index is 1.67. The van der Waals surface area contributed by atoms with Gasteiger partial charge < -0.3 is 15.5 Å². The van der Waals surface area contributed by atoms with Gasteiger partial charge >= 0.3 is 6.18 Å². The summed E-state index contributed by atoms with van der Waals surface area (Å²) in [5, 5.41) is 9.94. The molecular weight excluding hydrogens is 519 g/mol. The number of amides is 1. The molecule has 0 bridgehead atoms. The number of fused-ring (bicyclic) bond motifs is 1. The van der Waals surface area contributed by atoms with E-state index >= 15 is 0 Å². The van der Waals surface area contributed by atoms with E-state index in [0.717, 1.165) is 0 Å². The van der Waals surface area contributed by atoms with Gasteiger partial charge in [0.2, 0.25) is 0 Å². The molecule has 1 fully saturated rings. The number of benzene rings is 1. The first-order chi connectivity index (χ1) is 18.3. The van der Waals surface area contributed by atoms with Crippen molar-refractivity contribution in [2.75, 3.05) is 32.0 Å². The van der Waals surface area contributed by atoms with Gasteiger partial charge in [-0.15, -0.1) is 0 Å². The van der Waals surface area contributed by atoms with Gasteiger partial charge in [0, 0.05) is 55.8 Å². The Morgan fingerprint density at radius 3 is 2.69 bits per heavy atom. The van der Waals surface area contributed by atoms with Crippen molar-refractivity contribution in [2.45, 2.75) is 31.0 Å². The van der Waals surface area contributed by atoms with Crippen molar-refractivity contribution in [2.24, 2.45) is 7.05 Å². The van der Waals surface area contributed by atoms with Crippen molar-refractivity contribution in [1.29, 1.82) is 0 Å². The second-order valence-corrected chi connectivity index (χ2v) is 9.59. The Morgan fingerprint density at radius 1 is 1.23 bits per heavy atom. The van der Waals surface area contributed by atoms with Crippen LogP contribution < -0.4 is 10.6 Å². The molecule has 0 spiro atoms. The predicted octanol–water partition coefficient (Wildman–Crippen LogP) is 5.13. The molecule has 7 nitrogen and oxygen atoms in total. The number of hydrogen-bond donors (Lipinski definition) is 2. The van der Waals surface area contributed by atoms with Crippen molar-refractivity contribution in [3.8, 4) is 0 Å². The van der Waals surface area contributed by atoms with Crippen LogP contribution in [-0.4, -0.2) is 70.4 Å². The molecule has 0 aliphatic carbocycles. The summed E-state index contributed by atoms with van der Waals surface area (Å²) in [6.07, 6.45) is 1.03. The highest BCUT2D eigenvalue weighted by Gasteiger charge is 2.41. The molecule has 3 aromatic rings.